The third-order valence-electron chi connectivity index (χ3n) is 5.37. The summed E-state index contributed by atoms with van der Waals surface area (Å²) in [5.74, 6) is -2.04. The number of hydrogen-bond donors (Lipinski definition) is 0. The van der Waals surface area contributed by atoms with Crippen molar-refractivity contribution in [2.75, 3.05) is 25.8 Å². The van der Waals surface area contributed by atoms with Gasteiger partial charge < -0.3 is 14.3 Å². The molecule has 0 saturated carbocycles. The topological polar surface area (TPSA) is 128 Å². The van der Waals surface area contributed by atoms with E-state index < -0.39 is 54.3 Å². The van der Waals surface area contributed by atoms with Crippen LogP contribution in [0.25, 0.3) is 0 Å². The molecule has 1 unspecified atom stereocenters. The van der Waals surface area contributed by atoms with Gasteiger partial charge >= 0.3 is 11.9 Å². The average Bonchev–Trinajstić information content (AvgIpc) is 2.87. The Hall–Kier alpha value is -4.19. The predicted molar refractivity (Wildman–Crippen MR) is 135 cm³/mol. The van der Waals surface area contributed by atoms with Crippen LogP contribution in [0.1, 0.15) is 50.8 Å². The zero-order valence-corrected chi connectivity index (χ0v) is 22.5. The Kier molecular flexibility index (Phi) is 11.0. The molecule has 1 aromatic carbocycles. The molecule has 0 aliphatic rings. The minimum atomic E-state index is -4.90. The van der Waals surface area contributed by atoms with E-state index >= 15 is 0 Å². The Labute approximate surface area is 226 Å². The minimum absolute atomic E-state index is 0.0387. The zero-order valence-electron chi connectivity index (χ0n) is 22.5. The van der Waals surface area contributed by atoms with E-state index in [9.17, 15) is 31.9 Å². The zero-order chi connectivity index (χ0) is 30.2. The number of oxime groups is 1. The van der Waals surface area contributed by atoms with Crippen molar-refractivity contribution in [3.05, 3.63) is 62.2 Å². The van der Waals surface area contributed by atoms with Gasteiger partial charge in [0.05, 0.1) is 44.0 Å². The van der Waals surface area contributed by atoms with E-state index in [1.54, 1.807) is 13.8 Å². The van der Waals surface area contributed by atoms with Crippen LogP contribution in [0.15, 0.2) is 39.1 Å². The summed E-state index contributed by atoms with van der Waals surface area (Å²) in [6, 6.07) is 5.44. The maximum atomic E-state index is 14.2. The van der Waals surface area contributed by atoms with Gasteiger partial charge in [0, 0.05) is 18.8 Å². The summed E-state index contributed by atoms with van der Waals surface area (Å²) in [6.07, 6.45) is -7.32. The molecule has 1 heterocycles. The molecule has 0 N–H and O–H groups in total. The lowest BCUT2D eigenvalue weighted by atomic mass is 10.1. The molecule has 0 fully saturated rings. The molecule has 0 bridgehead atoms. The fourth-order valence-electron chi connectivity index (χ4n) is 3.49. The minimum Gasteiger partial charge on any atom is -0.496 e. The van der Waals surface area contributed by atoms with Crippen molar-refractivity contribution in [3.63, 3.8) is 0 Å². The molecule has 0 saturated heterocycles. The van der Waals surface area contributed by atoms with Crippen molar-refractivity contribution in [3.8, 4) is 11.8 Å². The quantitative estimate of drug-likeness (QED) is 0.166. The summed E-state index contributed by atoms with van der Waals surface area (Å²) in [7, 11) is 2.17. The summed E-state index contributed by atoms with van der Waals surface area (Å²) < 4.78 is 65.1. The molecule has 1 amide bonds. The van der Waals surface area contributed by atoms with Crippen LogP contribution >= 0.6 is 0 Å². The van der Waals surface area contributed by atoms with Gasteiger partial charge in [-0.15, -0.1) is 0 Å². The number of methoxy groups -OCH3 is 1. The molecule has 0 aliphatic carbocycles. The molecule has 11 nitrogen and oxygen atoms in total. The van der Waals surface area contributed by atoms with Crippen LogP contribution < -0.4 is 21.0 Å². The van der Waals surface area contributed by atoms with E-state index in [1.165, 1.54) is 20.1 Å². The van der Waals surface area contributed by atoms with E-state index in [4.69, 9.17) is 19.6 Å². The first-order valence-corrected chi connectivity index (χ1v) is 11.9. The SMILES string of the molecule is COc1ccc(F)cc1C(Cn1cc(/C(C)=N/OC(C)C)c(=O)n(N(C)C(=O)CC(F)(F)F)c1=O)OCCC#N. The molecule has 0 spiro atoms. The first-order chi connectivity index (χ1) is 18.7. The molecule has 0 aliphatic heterocycles. The van der Waals surface area contributed by atoms with Crippen LogP contribution in [0.2, 0.25) is 0 Å². The van der Waals surface area contributed by atoms with E-state index in [0.29, 0.717) is 0 Å². The number of ether oxygens (including phenoxy) is 2. The maximum absolute atomic E-state index is 14.2. The number of amides is 1. The Bertz CT molecular complexity index is 1390. The van der Waals surface area contributed by atoms with Crippen molar-refractivity contribution in [2.45, 2.75) is 58.5 Å². The molecular weight excluding hydrogens is 542 g/mol. The van der Waals surface area contributed by atoms with Crippen LogP contribution in [0.5, 0.6) is 5.75 Å². The lowest BCUT2D eigenvalue weighted by Crippen LogP contribution is -2.55. The summed E-state index contributed by atoms with van der Waals surface area (Å²) in [5.41, 5.74) is -2.47. The van der Waals surface area contributed by atoms with Gasteiger partial charge in [0.15, 0.2) is 0 Å². The van der Waals surface area contributed by atoms with Crippen LogP contribution in [0.3, 0.4) is 0 Å². The van der Waals surface area contributed by atoms with Crippen LogP contribution in [0.4, 0.5) is 17.6 Å². The highest BCUT2D eigenvalue weighted by atomic mass is 19.4. The van der Waals surface area contributed by atoms with Crippen LogP contribution in [-0.4, -0.2) is 53.9 Å². The molecular formula is C25H29F4N5O6. The highest BCUT2D eigenvalue weighted by Gasteiger charge is 2.34. The summed E-state index contributed by atoms with van der Waals surface area (Å²) in [4.78, 5) is 44.2. The fraction of sp³-hybridized carbons (Fsp3) is 0.480. The van der Waals surface area contributed by atoms with Crippen molar-refractivity contribution in [1.82, 2.24) is 9.24 Å². The third-order valence-corrected chi connectivity index (χ3v) is 5.37. The fourth-order valence-corrected chi connectivity index (χ4v) is 3.49. The number of nitriles is 1. The number of carbonyl (C=O) groups excluding carboxylic acids is 1. The molecule has 40 heavy (non-hydrogen) atoms. The second-order valence-corrected chi connectivity index (χ2v) is 8.79. The van der Waals surface area contributed by atoms with E-state index in [-0.39, 0.29) is 45.3 Å². The number of aromatic nitrogens is 2. The molecule has 0 radical (unpaired) electrons. The largest absolute Gasteiger partial charge is 0.496 e. The number of hydrogen-bond acceptors (Lipinski definition) is 8. The van der Waals surface area contributed by atoms with Gasteiger partial charge in [-0.25, -0.2) is 14.2 Å². The Morgan fingerprint density at radius 2 is 1.93 bits per heavy atom. The molecule has 218 valence electrons. The molecule has 1 atom stereocenters. The highest BCUT2D eigenvalue weighted by molar-refractivity contribution is 5.97. The molecule has 15 heteroatoms. The maximum Gasteiger partial charge on any atom is 0.397 e. The van der Waals surface area contributed by atoms with Gasteiger partial charge in [-0.2, -0.15) is 23.1 Å². The Morgan fingerprint density at radius 1 is 1.25 bits per heavy atom. The van der Waals surface area contributed by atoms with E-state index in [2.05, 4.69) is 5.16 Å². The van der Waals surface area contributed by atoms with Crippen molar-refractivity contribution < 1.29 is 36.7 Å². The van der Waals surface area contributed by atoms with Gasteiger partial charge in [0.1, 0.15) is 30.2 Å². The van der Waals surface area contributed by atoms with Gasteiger partial charge in [-0.3, -0.25) is 14.2 Å². The highest BCUT2D eigenvalue weighted by Crippen LogP contribution is 2.30. The monoisotopic (exact) mass is 571 g/mol. The first-order valence-electron chi connectivity index (χ1n) is 11.9. The number of halogens is 4. The van der Waals surface area contributed by atoms with E-state index in [1.807, 2.05) is 6.07 Å². The van der Waals surface area contributed by atoms with Crippen LogP contribution in [-0.2, 0) is 20.9 Å². The second-order valence-electron chi connectivity index (χ2n) is 8.79. The normalized spacial score (nSPS) is 12.7. The van der Waals surface area contributed by atoms with Crippen LogP contribution in [0, 0.1) is 17.1 Å². The van der Waals surface area contributed by atoms with Crippen molar-refractivity contribution >= 4 is 11.6 Å². The molecule has 1 aromatic heterocycles. The van der Waals surface area contributed by atoms with Crippen molar-refractivity contribution in [2.24, 2.45) is 5.16 Å². The summed E-state index contributed by atoms with van der Waals surface area (Å²) >= 11 is 0. The number of nitrogens with zero attached hydrogens (tertiary/aromatic N) is 5. The lowest BCUT2D eigenvalue weighted by Gasteiger charge is -2.24. The van der Waals surface area contributed by atoms with Crippen molar-refractivity contribution in [1.29, 1.82) is 5.26 Å². The average molecular weight is 572 g/mol. The van der Waals surface area contributed by atoms with Gasteiger partial charge in [0.2, 0.25) is 5.91 Å². The first kappa shape index (κ1) is 32.0. The summed E-state index contributed by atoms with van der Waals surface area (Å²) in [6.45, 7) is 4.14. The lowest BCUT2D eigenvalue weighted by molar-refractivity contribution is -0.152. The predicted octanol–water partition coefficient (Wildman–Crippen LogP) is 3.03. The number of carbonyl (C=O) groups is 1. The summed E-state index contributed by atoms with van der Waals surface area (Å²) in [5, 5.41) is 13.0. The van der Waals surface area contributed by atoms with Gasteiger partial charge in [0.25, 0.3) is 5.56 Å². The molecule has 2 aromatic rings. The standard InChI is InChI=1S/C25H29F4N5O6/c1-15(2)40-31-16(3)19-13-33(24(37)34(23(19)36)32(4)22(35)12-25(27,28)29)14-21(39-10-6-9-30)18-11-17(26)7-8-20(18)38-5/h7-8,11,13,15,21H,6,10,12,14H2,1-5H3/b31-16+. The third kappa shape index (κ3) is 8.40. The number of rotatable bonds is 12. The number of benzene rings is 1. The second kappa shape index (κ2) is 13.7. The Morgan fingerprint density at radius 3 is 2.50 bits per heavy atom. The molecule has 2 rings (SSSR count). The van der Waals surface area contributed by atoms with E-state index in [0.717, 1.165) is 29.9 Å². The smallest absolute Gasteiger partial charge is 0.397 e. The van der Waals surface area contributed by atoms with Gasteiger partial charge in [-0.05, 0) is 39.0 Å². The Balaban J connectivity index is 2.76. The van der Waals surface area contributed by atoms with Gasteiger partial charge in [-0.1, -0.05) is 5.16 Å². The number of alkyl halides is 3.